The summed E-state index contributed by atoms with van der Waals surface area (Å²) in [6, 6.07) is 8.36. The molecule has 0 bridgehead atoms. The molecule has 1 aromatic carbocycles. The number of nitrogens with one attached hydrogen (secondary N) is 1. The topological polar surface area (TPSA) is 35.4 Å². The summed E-state index contributed by atoms with van der Waals surface area (Å²) >= 11 is 0. The van der Waals surface area contributed by atoms with Gasteiger partial charge in [-0.25, -0.2) is 5.32 Å². The standard InChI is InChI=1S/C12H17N2O/c1-15-12-6-3-2-5-10(12)11-9-13-7-4-8-14-11/h2-3,5-6,11,13H,4,7-9H2,1H3. The molecule has 81 valence electrons. The zero-order valence-corrected chi connectivity index (χ0v) is 9.07. The van der Waals surface area contributed by atoms with E-state index in [1.165, 1.54) is 5.56 Å². The van der Waals surface area contributed by atoms with Gasteiger partial charge in [-0.05, 0) is 19.0 Å². The first-order chi connectivity index (χ1) is 7.42. The number of rotatable bonds is 2. The molecule has 1 aliphatic heterocycles. The van der Waals surface area contributed by atoms with E-state index in [1.807, 2.05) is 18.2 Å². The molecule has 0 aliphatic carbocycles. The lowest BCUT2D eigenvalue weighted by molar-refractivity contribution is 0.399. The summed E-state index contributed by atoms with van der Waals surface area (Å²) in [4.78, 5) is 0. The lowest BCUT2D eigenvalue weighted by Crippen LogP contribution is -2.23. The first-order valence-corrected chi connectivity index (χ1v) is 5.42. The predicted octanol–water partition coefficient (Wildman–Crippen LogP) is 1.33. The zero-order chi connectivity index (χ0) is 10.5. The fourth-order valence-corrected chi connectivity index (χ4v) is 1.90. The summed E-state index contributed by atoms with van der Waals surface area (Å²) in [5, 5.41) is 8.06. The van der Waals surface area contributed by atoms with Crippen molar-refractivity contribution in [1.82, 2.24) is 10.6 Å². The Hall–Kier alpha value is -1.06. The highest BCUT2D eigenvalue weighted by atomic mass is 16.5. The van der Waals surface area contributed by atoms with Crippen LogP contribution in [0.15, 0.2) is 24.3 Å². The highest BCUT2D eigenvalue weighted by Crippen LogP contribution is 2.25. The van der Waals surface area contributed by atoms with Crippen molar-refractivity contribution >= 4 is 0 Å². The molecule has 0 amide bonds. The molecule has 1 unspecified atom stereocenters. The molecule has 1 aromatic rings. The molecule has 0 spiro atoms. The summed E-state index contributed by atoms with van der Waals surface area (Å²) in [6.45, 7) is 2.92. The minimum absolute atomic E-state index is 0.239. The van der Waals surface area contributed by atoms with Gasteiger partial charge in [-0.1, -0.05) is 18.2 Å². The lowest BCUT2D eigenvalue weighted by atomic mass is 10.1. The third kappa shape index (κ3) is 2.49. The first-order valence-electron chi connectivity index (χ1n) is 5.42. The van der Waals surface area contributed by atoms with Crippen molar-refractivity contribution in [3.8, 4) is 5.75 Å². The average molecular weight is 205 g/mol. The van der Waals surface area contributed by atoms with Crippen molar-refractivity contribution in [3.05, 3.63) is 29.8 Å². The number of ether oxygens (including phenoxy) is 1. The van der Waals surface area contributed by atoms with Gasteiger partial charge in [-0.3, -0.25) is 0 Å². The van der Waals surface area contributed by atoms with E-state index < -0.39 is 0 Å². The maximum absolute atomic E-state index is 5.35. The molecule has 0 aromatic heterocycles. The predicted molar refractivity (Wildman–Crippen MR) is 60.2 cm³/mol. The third-order valence-corrected chi connectivity index (χ3v) is 2.70. The Labute approximate surface area is 90.8 Å². The highest BCUT2D eigenvalue weighted by Gasteiger charge is 2.17. The third-order valence-electron chi connectivity index (χ3n) is 2.70. The molecular formula is C12H17N2O. The molecule has 1 aliphatic rings. The van der Waals surface area contributed by atoms with Crippen LogP contribution in [0.5, 0.6) is 5.75 Å². The minimum atomic E-state index is 0.239. The smallest absolute Gasteiger partial charge is 0.123 e. The van der Waals surface area contributed by atoms with Crippen LogP contribution in [-0.2, 0) is 0 Å². The van der Waals surface area contributed by atoms with E-state index in [0.29, 0.717) is 0 Å². The van der Waals surface area contributed by atoms with Gasteiger partial charge < -0.3 is 10.1 Å². The molecule has 1 fully saturated rings. The number of hydrogen-bond donors (Lipinski definition) is 1. The molecule has 3 nitrogen and oxygen atoms in total. The fourth-order valence-electron chi connectivity index (χ4n) is 1.90. The molecule has 0 saturated carbocycles. The molecule has 1 saturated heterocycles. The normalized spacial score (nSPS) is 22.1. The van der Waals surface area contributed by atoms with Gasteiger partial charge in [-0.2, -0.15) is 0 Å². The number of methoxy groups -OCH3 is 1. The Bertz CT molecular complexity index is 306. The van der Waals surface area contributed by atoms with Crippen molar-refractivity contribution in [2.24, 2.45) is 0 Å². The number of nitrogens with zero attached hydrogens (tertiary/aromatic N) is 1. The van der Waals surface area contributed by atoms with Crippen LogP contribution in [0.3, 0.4) is 0 Å². The van der Waals surface area contributed by atoms with Crippen molar-refractivity contribution in [2.75, 3.05) is 26.7 Å². The average Bonchev–Trinajstić information content (AvgIpc) is 2.57. The molecule has 1 heterocycles. The monoisotopic (exact) mass is 205 g/mol. The van der Waals surface area contributed by atoms with Crippen molar-refractivity contribution < 1.29 is 4.74 Å². The van der Waals surface area contributed by atoms with Gasteiger partial charge in [0.25, 0.3) is 0 Å². The van der Waals surface area contributed by atoms with Gasteiger partial charge in [0.05, 0.1) is 13.2 Å². The summed E-state index contributed by atoms with van der Waals surface area (Å²) in [6.07, 6.45) is 1.13. The van der Waals surface area contributed by atoms with E-state index in [2.05, 4.69) is 16.7 Å². The van der Waals surface area contributed by atoms with E-state index in [1.54, 1.807) is 7.11 Å². The van der Waals surface area contributed by atoms with Crippen LogP contribution < -0.4 is 15.4 Å². The van der Waals surface area contributed by atoms with Crippen LogP contribution in [-0.4, -0.2) is 26.7 Å². The van der Waals surface area contributed by atoms with Gasteiger partial charge in [-0.15, -0.1) is 0 Å². The maximum Gasteiger partial charge on any atom is 0.123 e. The van der Waals surface area contributed by atoms with Gasteiger partial charge in [0.2, 0.25) is 0 Å². The molecule has 1 radical (unpaired) electrons. The van der Waals surface area contributed by atoms with Gasteiger partial charge >= 0.3 is 0 Å². The summed E-state index contributed by atoms with van der Waals surface area (Å²) in [5.41, 5.74) is 1.19. The Kier molecular flexibility index (Phi) is 3.59. The van der Waals surface area contributed by atoms with Crippen molar-refractivity contribution in [3.63, 3.8) is 0 Å². The summed E-state index contributed by atoms with van der Waals surface area (Å²) < 4.78 is 5.35. The molecule has 15 heavy (non-hydrogen) atoms. The van der Waals surface area contributed by atoms with E-state index in [4.69, 9.17) is 4.74 Å². The van der Waals surface area contributed by atoms with Crippen LogP contribution in [0.4, 0.5) is 0 Å². The Morgan fingerprint density at radius 1 is 1.40 bits per heavy atom. The zero-order valence-electron chi connectivity index (χ0n) is 9.07. The highest BCUT2D eigenvalue weighted by molar-refractivity contribution is 5.36. The van der Waals surface area contributed by atoms with Crippen molar-refractivity contribution in [1.29, 1.82) is 0 Å². The van der Waals surface area contributed by atoms with E-state index in [-0.39, 0.29) is 6.04 Å². The molecule has 1 N–H and O–H groups in total. The lowest BCUT2D eigenvalue weighted by Gasteiger charge is -2.17. The second-order valence-corrected chi connectivity index (χ2v) is 3.72. The number of benzene rings is 1. The summed E-state index contributed by atoms with van der Waals surface area (Å²) in [5.74, 6) is 0.940. The van der Waals surface area contributed by atoms with E-state index in [0.717, 1.165) is 31.8 Å². The van der Waals surface area contributed by atoms with Crippen molar-refractivity contribution in [2.45, 2.75) is 12.5 Å². The SMILES string of the molecule is COc1ccccc1C1CNCCC[N]1. The van der Waals surface area contributed by atoms with E-state index in [9.17, 15) is 0 Å². The Morgan fingerprint density at radius 2 is 2.27 bits per heavy atom. The Balaban J connectivity index is 2.18. The number of para-hydroxylation sites is 1. The van der Waals surface area contributed by atoms with Crippen LogP contribution in [0.25, 0.3) is 0 Å². The molecule has 1 atom stereocenters. The largest absolute Gasteiger partial charge is 0.496 e. The molecule has 3 heteroatoms. The van der Waals surface area contributed by atoms with Gasteiger partial charge in [0, 0.05) is 18.7 Å². The second-order valence-electron chi connectivity index (χ2n) is 3.72. The summed E-state index contributed by atoms with van der Waals surface area (Å²) in [7, 11) is 1.71. The molecular weight excluding hydrogens is 188 g/mol. The van der Waals surface area contributed by atoms with Crippen LogP contribution in [0, 0.1) is 0 Å². The van der Waals surface area contributed by atoms with Gasteiger partial charge in [0.15, 0.2) is 0 Å². The van der Waals surface area contributed by atoms with Crippen LogP contribution in [0.1, 0.15) is 18.0 Å². The minimum Gasteiger partial charge on any atom is -0.496 e. The Morgan fingerprint density at radius 3 is 3.13 bits per heavy atom. The van der Waals surface area contributed by atoms with E-state index >= 15 is 0 Å². The van der Waals surface area contributed by atoms with Gasteiger partial charge in [0.1, 0.15) is 5.75 Å². The first kappa shape index (κ1) is 10.5. The second kappa shape index (κ2) is 5.14. The van der Waals surface area contributed by atoms with Crippen LogP contribution in [0.2, 0.25) is 0 Å². The molecule has 2 rings (SSSR count). The fraction of sp³-hybridized carbons (Fsp3) is 0.500. The maximum atomic E-state index is 5.35. The quantitative estimate of drug-likeness (QED) is 0.790. The van der Waals surface area contributed by atoms with Crippen LogP contribution >= 0.6 is 0 Å². The number of hydrogen-bond acceptors (Lipinski definition) is 2.